The Morgan fingerprint density at radius 3 is 2.00 bits per heavy atom. The Morgan fingerprint density at radius 1 is 0.606 bits per heavy atom. The van der Waals surface area contributed by atoms with Gasteiger partial charge in [0.25, 0.3) is 0 Å². The average Bonchev–Trinajstić information content (AvgIpc) is 2.88. The number of nitrogens with zero attached hydrogens (tertiary/aromatic N) is 2. The van der Waals surface area contributed by atoms with Gasteiger partial charge in [0.15, 0.2) is 0 Å². The number of hydrogen-bond donors (Lipinski definition) is 0. The SMILES string of the molecule is Fc1c[c-]c(-c2ccccn2)cc1F.[Ir].[c-]1ccccc1-c1ccc(-c2ccccc2)cn1. The molecule has 3 aromatic carbocycles. The van der Waals surface area contributed by atoms with Crippen LogP contribution in [0.4, 0.5) is 8.78 Å². The smallest absolute Gasteiger partial charge is 0.0765 e. The molecule has 33 heavy (non-hydrogen) atoms. The third-order valence-corrected chi connectivity index (χ3v) is 4.65. The van der Waals surface area contributed by atoms with E-state index in [0.29, 0.717) is 11.3 Å². The van der Waals surface area contributed by atoms with Crippen LogP contribution in [0.5, 0.6) is 0 Å². The van der Waals surface area contributed by atoms with Crippen LogP contribution in [0, 0.1) is 23.8 Å². The van der Waals surface area contributed by atoms with Gasteiger partial charge in [-0.15, -0.1) is 59.7 Å². The van der Waals surface area contributed by atoms with Crippen LogP contribution in [0.25, 0.3) is 33.6 Å². The molecule has 2 nitrogen and oxygen atoms in total. The van der Waals surface area contributed by atoms with Gasteiger partial charge in [-0.25, -0.2) is 4.39 Å². The average molecular weight is 613 g/mol. The van der Waals surface area contributed by atoms with E-state index in [2.05, 4.69) is 40.3 Å². The van der Waals surface area contributed by atoms with Crippen molar-refractivity contribution in [3.63, 3.8) is 0 Å². The van der Waals surface area contributed by atoms with Crippen molar-refractivity contribution in [3.8, 4) is 33.6 Å². The zero-order valence-electron chi connectivity index (χ0n) is 17.4. The van der Waals surface area contributed by atoms with Gasteiger partial charge in [0, 0.05) is 32.5 Å². The molecule has 5 rings (SSSR count). The van der Waals surface area contributed by atoms with Crippen molar-refractivity contribution < 1.29 is 28.9 Å². The minimum Gasteiger partial charge on any atom is -0.305 e. The quantitative estimate of drug-likeness (QED) is 0.204. The van der Waals surface area contributed by atoms with Crippen molar-refractivity contribution in [2.24, 2.45) is 0 Å². The Hall–Kier alpha value is -3.53. The summed E-state index contributed by atoms with van der Waals surface area (Å²) in [7, 11) is 0. The van der Waals surface area contributed by atoms with E-state index >= 15 is 0 Å². The van der Waals surface area contributed by atoms with Gasteiger partial charge < -0.3 is 9.97 Å². The zero-order chi connectivity index (χ0) is 22.2. The second kappa shape index (κ2) is 11.9. The maximum absolute atomic E-state index is 12.8. The fourth-order valence-electron chi connectivity index (χ4n) is 3.02. The van der Waals surface area contributed by atoms with E-state index in [-0.39, 0.29) is 20.1 Å². The summed E-state index contributed by atoms with van der Waals surface area (Å²) in [4.78, 5) is 8.49. The molecule has 2 heterocycles. The second-order valence-corrected chi connectivity index (χ2v) is 6.83. The molecular formula is C28H18F2IrN2-2. The second-order valence-electron chi connectivity index (χ2n) is 6.83. The molecule has 1 radical (unpaired) electrons. The Bertz CT molecular complexity index is 1210. The van der Waals surface area contributed by atoms with E-state index in [4.69, 9.17) is 0 Å². The summed E-state index contributed by atoms with van der Waals surface area (Å²) < 4.78 is 25.4. The Labute approximate surface area is 205 Å². The molecule has 0 amide bonds. The molecule has 0 N–H and O–H groups in total. The molecule has 0 spiro atoms. The van der Waals surface area contributed by atoms with Crippen molar-refractivity contribution in [2.75, 3.05) is 0 Å². The van der Waals surface area contributed by atoms with E-state index in [0.717, 1.165) is 29.0 Å². The van der Waals surface area contributed by atoms with E-state index < -0.39 is 11.6 Å². The number of hydrogen-bond acceptors (Lipinski definition) is 2. The number of benzene rings is 3. The molecule has 0 saturated heterocycles. The van der Waals surface area contributed by atoms with E-state index in [9.17, 15) is 8.78 Å². The van der Waals surface area contributed by atoms with Crippen LogP contribution in [-0.2, 0) is 20.1 Å². The number of pyridine rings is 2. The van der Waals surface area contributed by atoms with Gasteiger partial charge in [-0.1, -0.05) is 54.6 Å². The van der Waals surface area contributed by atoms with Gasteiger partial charge in [-0.05, 0) is 28.6 Å². The minimum atomic E-state index is -0.898. The Balaban J connectivity index is 0.000000186. The summed E-state index contributed by atoms with van der Waals surface area (Å²) in [6, 6.07) is 35.4. The van der Waals surface area contributed by atoms with E-state index in [1.54, 1.807) is 24.4 Å². The van der Waals surface area contributed by atoms with Gasteiger partial charge >= 0.3 is 0 Å². The molecule has 0 aliphatic heterocycles. The summed E-state index contributed by atoms with van der Waals surface area (Å²) in [5.41, 5.74) is 5.33. The summed E-state index contributed by atoms with van der Waals surface area (Å²) in [6.07, 6.45) is 3.50. The molecule has 0 unspecified atom stereocenters. The monoisotopic (exact) mass is 613 g/mol. The summed E-state index contributed by atoms with van der Waals surface area (Å²) >= 11 is 0. The van der Waals surface area contributed by atoms with Gasteiger partial charge in [0.05, 0.1) is 11.6 Å². The Morgan fingerprint density at radius 2 is 1.36 bits per heavy atom. The van der Waals surface area contributed by atoms with Gasteiger partial charge in [0.2, 0.25) is 0 Å². The zero-order valence-corrected chi connectivity index (χ0v) is 19.8. The van der Waals surface area contributed by atoms with Crippen molar-refractivity contribution in [3.05, 3.63) is 133 Å². The number of halogens is 2. The van der Waals surface area contributed by atoms with E-state index in [1.807, 2.05) is 54.7 Å². The maximum Gasteiger partial charge on any atom is 0.0765 e. The van der Waals surface area contributed by atoms with Crippen molar-refractivity contribution in [1.82, 2.24) is 9.97 Å². The van der Waals surface area contributed by atoms with Crippen LogP contribution in [0.15, 0.2) is 109 Å². The van der Waals surface area contributed by atoms with Gasteiger partial charge in [0.1, 0.15) is 0 Å². The first-order chi connectivity index (χ1) is 15.7. The van der Waals surface area contributed by atoms with Crippen molar-refractivity contribution in [1.29, 1.82) is 0 Å². The molecule has 165 valence electrons. The molecule has 0 fully saturated rings. The van der Waals surface area contributed by atoms with Crippen LogP contribution >= 0.6 is 0 Å². The van der Waals surface area contributed by atoms with Crippen LogP contribution in [0.1, 0.15) is 0 Å². The molecule has 0 bridgehead atoms. The maximum atomic E-state index is 12.8. The fraction of sp³-hybridized carbons (Fsp3) is 0. The molecule has 0 aliphatic rings. The molecule has 0 saturated carbocycles. The predicted octanol–water partition coefficient (Wildman–Crippen LogP) is 7.04. The third kappa shape index (κ3) is 6.48. The van der Waals surface area contributed by atoms with Crippen LogP contribution < -0.4 is 0 Å². The molecule has 5 aromatic rings. The first-order valence-electron chi connectivity index (χ1n) is 9.97. The fourth-order valence-corrected chi connectivity index (χ4v) is 3.02. The molecule has 0 aliphatic carbocycles. The predicted molar refractivity (Wildman–Crippen MR) is 122 cm³/mol. The third-order valence-electron chi connectivity index (χ3n) is 4.65. The molecule has 2 aromatic heterocycles. The van der Waals surface area contributed by atoms with Crippen molar-refractivity contribution in [2.45, 2.75) is 0 Å². The van der Waals surface area contributed by atoms with E-state index in [1.165, 1.54) is 5.56 Å². The number of rotatable bonds is 3. The molecular weight excluding hydrogens is 595 g/mol. The van der Waals surface area contributed by atoms with Crippen LogP contribution in [0.3, 0.4) is 0 Å². The molecule has 5 heteroatoms. The van der Waals surface area contributed by atoms with Gasteiger partial charge in [-0.2, -0.15) is 0 Å². The van der Waals surface area contributed by atoms with Crippen LogP contribution in [-0.4, -0.2) is 9.97 Å². The first kappa shape index (κ1) is 24.1. The standard InChI is InChI=1S/C17H12N.C11H6F2N.Ir/c1-3-7-14(8-4-1)16-11-12-17(18-13-16)15-9-5-2-6-10-15;12-9-5-4-8(7-10(9)13)11-3-1-2-6-14-11;/h1-9,11-13H;1-3,5-7H;/q2*-1;. The summed E-state index contributed by atoms with van der Waals surface area (Å²) in [6.45, 7) is 0. The Kier molecular flexibility index (Phi) is 8.70. The molecule has 0 atom stereocenters. The topological polar surface area (TPSA) is 25.8 Å². The largest absolute Gasteiger partial charge is 0.305 e. The van der Waals surface area contributed by atoms with Crippen LogP contribution in [0.2, 0.25) is 0 Å². The van der Waals surface area contributed by atoms with Gasteiger partial charge in [-0.3, -0.25) is 4.39 Å². The summed E-state index contributed by atoms with van der Waals surface area (Å²) in [5, 5.41) is 0. The summed E-state index contributed by atoms with van der Waals surface area (Å²) in [5.74, 6) is -1.78. The first-order valence-corrected chi connectivity index (χ1v) is 9.97. The van der Waals surface area contributed by atoms with Crippen molar-refractivity contribution >= 4 is 0 Å². The number of aromatic nitrogens is 2. The normalized spacial score (nSPS) is 9.88. The minimum absolute atomic E-state index is 0.